The molecule has 22 heavy (non-hydrogen) atoms. The summed E-state index contributed by atoms with van der Waals surface area (Å²) in [6, 6.07) is 5.95. The van der Waals surface area contributed by atoms with E-state index in [1.165, 1.54) is 24.5 Å². The van der Waals surface area contributed by atoms with Crippen molar-refractivity contribution >= 4 is 20.9 Å². The van der Waals surface area contributed by atoms with Gasteiger partial charge in [-0.1, -0.05) is 0 Å². The lowest BCUT2D eigenvalue weighted by atomic mass is 10.1. The predicted molar refractivity (Wildman–Crippen MR) is 77.4 cm³/mol. The molecule has 0 bridgehead atoms. The Labute approximate surface area is 125 Å². The average Bonchev–Trinajstić information content (AvgIpc) is 2.90. The Bertz CT molecular complexity index is 934. The van der Waals surface area contributed by atoms with Crippen LogP contribution in [0.1, 0.15) is 12.1 Å². The minimum absolute atomic E-state index is 0.101. The summed E-state index contributed by atoms with van der Waals surface area (Å²) in [5.74, 6) is 0. The second-order valence-electron chi connectivity index (χ2n) is 4.80. The van der Waals surface area contributed by atoms with Crippen molar-refractivity contribution in [3.05, 3.63) is 42.4 Å². The lowest BCUT2D eigenvalue weighted by Crippen LogP contribution is -1.98. The van der Waals surface area contributed by atoms with Crippen LogP contribution in [0.5, 0.6) is 0 Å². The molecule has 0 atom stereocenters. The summed E-state index contributed by atoms with van der Waals surface area (Å²) in [5.41, 5.74) is 1.21. The van der Waals surface area contributed by atoms with Gasteiger partial charge in [0.15, 0.2) is 9.84 Å². The number of rotatable bonds is 3. The molecule has 0 unspecified atom stereocenters. The molecule has 0 radical (unpaired) electrons. The van der Waals surface area contributed by atoms with Crippen LogP contribution in [0.25, 0.3) is 22.3 Å². The fourth-order valence-corrected chi connectivity index (χ4v) is 2.71. The number of aromatic nitrogens is 3. The van der Waals surface area contributed by atoms with Crippen LogP contribution in [-0.4, -0.2) is 29.6 Å². The van der Waals surface area contributed by atoms with Gasteiger partial charge in [-0.3, -0.25) is 4.98 Å². The largest absolute Gasteiger partial charge is 0.338 e. The van der Waals surface area contributed by atoms with Crippen LogP contribution in [0.2, 0.25) is 0 Å². The van der Waals surface area contributed by atoms with E-state index in [1.807, 2.05) is 0 Å². The number of aromatic amines is 1. The molecule has 0 aliphatic rings. The first-order chi connectivity index (χ1) is 10.4. The molecule has 0 aliphatic heterocycles. The van der Waals surface area contributed by atoms with E-state index in [9.17, 15) is 17.2 Å². The van der Waals surface area contributed by atoms with Gasteiger partial charge in [0, 0.05) is 29.6 Å². The summed E-state index contributed by atoms with van der Waals surface area (Å²) in [6.45, 7) is 0. The third kappa shape index (κ3) is 2.57. The number of fused-ring (bicyclic) bond motifs is 1. The lowest BCUT2D eigenvalue weighted by Gasteiger charge is -2.03. The number of sulfone groups is 1. The minimum atomic E-state index is -3.33. The summed E-state index contributed by atoms with van der Waals surface area (Å²) in [7, 11) is -3.33. The number of hydrogen-bond acceptors (Lipinski definition) is 4. The number of pyridine rings is 2. The van der Waals surface area contributed by atoms with Crippen LogP contribution in [-0.2, 0) is 9.84 Å². The van der Waals surface area contributed by atoms with Gasteiger partial charge >= 0.3 is 0 Å². The van der Waals surface area contributed by atoms with E-state index in [-0.39, 0.29) is 10.6 Å². The smallest absolute Gasteiger partial charge is 0.278 e. The number of H-pyrrole nitrogens is 1. The first-order valence-electron chi connectivity index (χ1n) is 6.28. The summed E-state index contributed by atoms with van der Waals surface area (Å²) < 4.78 is 48.4. The Kier molecular flexibility index (Phi) is 3.40. The van der Waals surface area contributed by atoms with E-state index < -0.39 is 16.3 Å². The molecule has 5 nitrogen and oxygen atoms in total. The van der Waals surface area contributed by atoms with E-state index in [1.54, 1.807) is 12.1 Å². The zero-order valence-corrected chi connectivity index (χ0v) is 12.2. The van der Waals surface area contributed by atoms with Gasteiger partial charge in [0.2, 0.25) is 0 Å². The second-order valence-corrected chi connectivity index (χ2v) is 6.81. The highest BCUT2D eigenvalue weighted by Gasteiger charge is 2.15. The molecule has 0 saturated heterocycles. The third-order valence-corrected chi connectivity index (χ3v) is 4.33. The summed E-state index contributed by atoms with van der Waals surface area (Å²) in [4.78, 5) is 10.8. The summed E-state index contributed by atoms with van der Waals surface area (Å²) >= 11 is 0. The van der Waals surface area contributed by atoms with Crippen molar-refractivity contribution in [1.82, 2.24) is 15.0 Å². The number of halogens is 2. The molecule has 3 aromatic heterocycles. The molecular weight excluding hydrogens is 312 g/mol. The highest BCUT2D eigenvalue weighted by Crippen LogP contribution is 2.30. The normalized spacial score (nSPS) is 12.2. The van der Waals surface area contributed by atoms with E-state index in [4.69, 9.17) is 0 Å². The predicted octanol–water partition coefficient (Wildman–Crippen LogP) is 2.97. The van der Waals surface area contributed by atoms with Crippen molar-refractivity contribution in [2.24, 2.45) is 0 Å². The number of alkyl halides is 2. The maximum Gasteiger partial charge on any atom is 0.278 e. The Hall–Kier alpha value is -2.35. The Balaban J connectivity index is 2.13. The molecule has 1 N–H and O–H groups in total. The highest BCUT2D eigenvalue weighted by molar-refractivity contribution is 7.90. The fraction of sp³-hybridized carbons (Fsp3) is 0.143. The van der Waals surface area contributed by atoms with E-state index in [0.717, 1.165) is 6.26 Å². The molecule has 0 fully saturated rings. The zero-order chi connectivity index (χ0) is 15.9. The lowest BCUT2D eigenvalue weighted by molar-refractivity contribution is 0.147. The summed E-state index contributed by atoms with van der Waals surface area (Å²) in [5, 5.41) is 0.511. The van der Waals surface area contributed by atoms with Crippen LogP contribution >= 0.6 is 0 Å². The molecule has 114 valence electrons. The van der Waals surface area contributed by atoms with E-state index >= 15 is 0 Å². The molecule has 0 spiro atoms. The minimum Gasteiger partial charge on any atom is -0.338 e. The first-order valence-corrected chi connectivity index (χ1v) is 8.17. The second kappa shape index (κ2) is 5.13. The Morgan fingerprint density at radius 3 is 2.55 bits per heavy atom. The van der Waals surface area contributed by atoms with Crippen molar-refractivity contribution < 1.29 is 17.2 Å². The first kappa shape index (κ1) is 14.6. The van der Waals surface area contributed by atoms with Crippen molar-refractivity contribution in [2.45, 2.75) is 11.3 Å². The fourth-order valence-electron chi connectivity index (χ4n) is 2.15. The average molecular weight is 323 g/mol. The molecule has 3 rings (SSSR count). The number of nitrogens with one attached hydrogen (secondary N) is 1. The van der Waals surface area contributed by atoms with Crippen LogP contribution in [0.15, 0.2) is 41.6 Å². The van der Waals surface area contributed by atoms with E-state index in [2.05, 4.69) is 15.0 Å². The monoisotopic (exact) mass is 323 g/mol. The van der Waals surface area contributed by atoms with Gasteiger partial charge in [0.05, 0.1) is 16.3 Å². The number of nitrogens with zero attached hydrogens (tertiary/aromatic N) is 2. The molecule has 8 heteroatoms. The van der Waals surface area contributed by atoms with Crippen LogP contribution < -0.4 is 0 Å². The maximum absolute atomic E-state index is 12.8. The summed E-state index contributed by atoms with van der Waals surface area (Å²) in [6.07, 6.45) is 1.20. The van der Waals surface area contributed by atoms with Crippen molar-refractivity contribution in [2.75, 3.05) is 6.26 Å². The standard InChI is InChI=1S/C14H11F2N3O2S/c1-22(20,21)8-2-3-11(18-7-8)9-4-5-17-14-10(9)6-12(19-14)13(15)16/h2-7,13H,1H3,(H,17,19). The maximum atomic E-state index is 12.8. The van der Waals surface area contributed by atoms with Gasteiger partial charge in [0.25, 0.3) is 6.43 Å². The number of hydrogen-bond donors (Lipinski definition) is 1. The van der Waals surface area contributed by atoms with Gasteiger partial charge in [-0.05, 0) is 24.3 Å². The molecule has 0 aliphatic carbocycles. The Morgan fingerprint density at radius 1 is 1.18 bits per heavy atom. The molecular formula is C14H11F2N3O2S. The quantitative estimate of drug-likeness (QED) is 0.804. The van der Waals surface area contributed by atoms with Gasteiger partial charge in [0.1, 0.15) is 5.65 Å². The van der Waals surface area contributed by atoms with Gasteiger partial charge in [-0.25, -0.2) is 22.2 Å². The van der Waals surface area contributed by atoms with Crippen LogP contribution in [0, 0.1) is 0 Å². The Morgan fingerprint density at radius 2 is 1.95 bits per heavy atom. The van der Waals surface area contributed by atoms with Crippen molar-refractivity contribution in [1.29, 1.82) is 0 Å². The van der Waals surface area contributed by atoms with Crippen molar-refractivity contribution in [3.8, 4) is 11.3 Å². The molecule has 0 saturated carbocycles. The topological polar surface area (TPSA) is 75.7 Å². The van der Waals surface area contributed by atoms with Gasteiger partial charge < -0.3 is 4.98 Å². The third-order valence-electron chi connectivity index (χ3n) is 3.23. The van der Waals surface area contributed by atoms with Crippen molar-refractivity contribution in [3.63, 3.8) is 0 Å². The van der Waals surface area contributed by atoms with Crippen LogP contribution in [0.3, 0.4) is 0 Å². The highest BCUT2D eigenvalue weighted by atomic mass is 32.2. The molecule has 3 aromatic rings. The molecule has 0 amide bonds. The van der Waals surface area contributed by atoms with Crippen LogP contribution in [0.4, 0.5) is 8.78 Å². The molecule has 3 heterocycles. The zero-order valence-electron chi connectivity index (χ0n) is 11.4. The van der Waals surface area contributed by atoms with Gasteiger partial charge in [-0.15, -0.1) is 0 Å². The molecule has 0 aromatic carbocycles. The SMILES string of the molecule is CS(=O)(=O)c1ccc(-c2ccnc3[nH]c(C(F)F)cc23)nc1. The van der Waals surface area contributed by atoms with E-state index in [0.29, 0.717) is 22.3 Å². The van der Waals surface area contributed by atoms with Gasteiger partial charge in [-0.2, -0.15) is 0 Å².